The van der Waals surface area contributed by atoms with Crippen molar-refractivity contribution in [2.45, 2.75) is 13.3 Å². The SMILES string of the molecule is Cc1ccc(C=Nc2ccc(OC(F)(F)F)cc2)cc1. The van der Waals surface area contributed by atoms with Gasteiger partial charge in [0.05, 0.1) is 5.69 Å². The average Bonchev–Trinajstić information content (AvgIpc) is 2.38. The van der Waals surface area contributed by atoms with Crippen LogP contribution in [0.15, 0.2) is 53.5 Å². The Hall–Kier alpha value is -2.30. The standard InChI is InChI=1S/C15H12F3NO/c1-11-2-4-12(5-3-11)10-19-13-6-8-14(9-7-13)20-15(16,17)18/h2-10H,1H3. The van der Waals surface area contributed by atoms with E-state index in [2.05, 4.69) is 9.73 Å². The number of alkyl halides is 3. The molecule has 0 radical (unpaired) electrons. The molecular formula is C15H12F3NO. The van der Waals surface area contributed by atoms with Crippen molar-refractivity contribution in [1.29, 1.82) is 0 Å². The van der Waals surface area contributed by atoms with Crippen LogP contribution in [0.5, 0.6) is 5.75 Å². The van der Waals surface area contributed by atoms with E-state index in [0.717, 1.165) is 11.1 Å². The third-order valence-corrected chi connectivity index (χ3v) is 2.51. The molecule has 0 saturated heterocycles. The number of benzene rings is 2. The Bertz CT molecular complexity index is 586. The topological polar surface area (TPSA) is 21.6 Å². The molecule has 2 rings (SSSR count). The first-order chi connectivity index (χ1) is 9.42. The number of nitrogens with zero attached hydrogens (tertiary/aromatic N) is 1. The quantitative estimate of drug-likeness (QED) is 0.750. The maximum atomic E-state index is 12.0. The average molecular weight is 279 g/mol. The van der Waals surface area contributed by atoms with Gasteiger partial charge in [-0.1, -0.05) is 29.8 Å². The molecule has 2 nitrogen and oxygen atoms in total. The molecule has 2 aromatic carbocycles. The van der Waals surface area contributed by atoms with Gasteiger partial charge in [0.2, 0.25) is 0 Å². The number of aliphatic imine (C=N–C) groups is 1. The molecule has 0 amide bonds. The van der Waals surface area contributed by atoms with E-state index in [1.807, 2.05) is 31.2 Å². The molecule has 0 aliphatic rings. The summed E-state index contributed by atoms with van der Waals surface area (Å²) < 4.78 is 39.8. The molecule has 0 fully saturated rings. The first-order valence-electron chi connectivity index (χ1n) is 5.89. The molecule has 5 heteroatoms. The number of hydrogen-bond donors (Lipinski definition) is 0. The Morgan fingerprint density at radius 2 is 1.55 bits per heavy atom. The summed E-state index contributed by atoms with van der Waals surface area (Å²) in [6.07, 6.45) is -3.02. The fourth-order valence-corrected chi connectivity index (χ4v) is 1.54. The smallest absolute Gasteiger partial charge is 0.406 e. The molecule has 0 aliphatic heterocycles. The summed E-state index contributed by atoms with van der Waals surface area (Å²) in [5.74, 6) is -0.258. The maximum Gasteiger partial charge on any atom is 0.573 e. The Morgan fingerprint density at radius 1 is 0.950 bits per heavy atom. The molecule has 0 heterocycles. The number of hydrogen-bond acceptors (Lipinski definition) is 2. The fraction of sp³-hybridized carbons (Fsp3) is 0.133. The molecule has 0 spiro atoms. The van der Waals surface area contributed by atoms with Gasteiger partial charge in [0.25, 0.3) is 0 Å². The van der Waals surface area contributed by atoms with E-state index in [1.54, 1.807) is 6.21 Å². The zero-order chi connectivity index (χ0) is 14.6. The first-order valence-corrected chi connectivity index (χ1v) is 5.89. The van der Waals surface area contributed by atoms with E-state index in [-0.39, 0.29) is 5.75 Å². The molecular weight excluding hydrogens is 267 g/mol. The summed E-state index contributed by atoms with van der Waals surface area (Å²) in [5.41, 5.74) is 2.63. The van der Waals surface area contributed by atoms with Crippen molar-refractivity contribution in [1.82, 2.24) is 0 Å². The maximum absolute atomic E-state index is 12.0. The van der Waals surface area contributed by atoms with Crippen molar-refractivity contribution >= 4 is 11.9 Å². The van der Waals surface area contributed by atoms with Gasteiger partial charge in [0.1, 0.15) is 5.75 Å². The van der Waals surface area contributed by atoms with E-state index < -0.39 is 6.36 Å². The van der Waals surface area contributed by atoms with Crippen molar-refractivity contribution in [3.63, 3.8) is 0 Å². The number of halogens is 3. The molecule has 0 aromatic heterocycles. The van der Waals surface area contributed by atoms with Gasteiger partial charge in [0.15, 0.2) is 0 Å². The molecule has 20 heavy (non-hydrogen) atoms. The lowest BCUT2D eigenvalue weighted by atomic mass is 10.2. The predicted molar refractivity (Wildman–Crippen MR) is 71.6 cm³/mol. The summed E-state index contributed by atoms with van der Waals surface area (Å²) in [4.78, 5) is 4.18. The van der Waals surface area contributed by atoms with E-state index in [1.165, 1.54) is 24.3 Å². The highest BCUT2D eigenvalue weighted by Gasteiger charge is 2.30. The lowest BCUT2D eigenvalue weighted by molar-refractivity contribution is -0.274. The highest BCUT2D eigenvalue weighted by molar-refractivity contribution is 5.81. The Kier molecular flexibility index (Phi) is 4.08. The third-order valence-electron chi connectivity index (χ3n) is 2.51. The van der Waals surface area contributed by atoms with Gasteiger partial charge >= 0.3 is 6.36 Å². The van der Waals surface area contributed by atoms with Crippen LogP contribution in [0.25, 0.3) is 0 Å². The van der Waals surface area contributed by atoms with Crippen molar-refractivity contribution in [3.8, 4) is 5.75 Å². The van der Waals surface area contributed by atoms with Crippen LogP contribution >= 0.6 is 0 Å². The number of rotatable bonds is 3. The van der Waals surface area contributed by atoms with Crippen LogP contribution in [0.1, 0.15) is 11.1 Å². The van der Waals surface area contributed by atoms with Gasteiger partial charge in [-0.25, -0.2) is 0 Å². The second-order valence-electron chi connectivity index (χ2n) is 4.21. The van der Waals surface area contributed by atoms with E-state index in [0.29, 0.717) is 5.69 Å². The molecule has 0 unspecified atom stereocenters. The van der Waals surface area contributed by atoms with Crippen molar-refractivity contribution in [2.24, 2.45) is 4.99 Å². The van der Waals surface area contributed by atoms with Gasteiger partial charge in [0, 0.05) is 6.21 Å². The summed E-state index contributed by atoms with van der Waals surface area (Å²) in [6.45, 7) is 1.99. The van der Waals surface area contributed by atoms with Crippen molar-refractivity contribution in [2.75, 3.05) is 0 Å². The Balaban J connectivity index is 2.05. The summed E-state index contributed by atoms with van der Waals surface area (Å²) in [7, 11) is 0. The van der Waals surface area contributed by atoms with Crippen LogP contribution < -0.4 is 4.74 Å². The molecule has 0 N–H and O–H groups in total. The van der Waals surface area contributed by atoms with Crippen LogP contribution in [0, 0.1) is 6.92 Å². The van der Waals surface area contributed by atoms with Crippen LogP contribution in [0.2, 0.25) is 0 Å². The fourth-order valence-electron chi connectivity index (χ4n) is 1.54. The highest BCUT2D eigenvalue weighted by Crippen LogP contribution is 2.24. The van der Waals surface area contributed by atoms with Gasteiger partial charge in [-0.05, 0) is 36.8 Å². The van der Waals surface area contributed by atoms with Crippen LogP contribution in [0.4, 0.5) is 18.9 Å². The molecule has 0 saturated carbocycles. The molecule has 2 aromatic rings. The summed E-state index contributed by atoms with van der Waals surface area (Å²) in [5, 5.41) is 0. The summed E-state index contributed by atoms with van der Waals surface area (Å²) >= 11 is 0. The molecule has 0 atom stereocenters. The normalized spacial score (nSPS) is 11.8. The second-order valence-corrected chi connectivity index (χ2v) is 4.21. The summed E-state index contributed by atoms with van der Waals surface area (Å²) in [6, 6.07) is 13.1. The Morgan fingerprint density at radius 3 is 2.10 bits per heavy atom. The van der Waals surface area contributed by atoms with E-state index in [4.69, 9.17) is 0 Å². The zero-order valence-corrected chi connectivity index (χ0v) is 10.7. The number of ether oxygens (including phenoxy) is 1. The van der Waals surface area contributed by atoms with Gasteiger partial charge in [-0.15, -0.1) is 13.2 Å². The van der Waals surface area contributed by atoms with Crippen LogP contribution in [-0.4, -0.2) is 12.6 Å². The lowest BCUT2D eigenvalue weighted by Crippen LogP contribution is -2.16. The van der Waals surface area contributed by atoms with E-state index >= 15 is 0 Å². The van der Waals surface area contributed by atoms with Gasteiger partial charge in [-0.2, -0.15) is 0 Å². The lowest BCUT2D eigenvalue weighted by Gasteiger charge is -2.08. The van der Waals surface area contributed by atoms with Crippen molar-refractivity contribution < 1.29 is 17.9 Å². The van der Waals surface area contributed by atoms with Gasteiger partial charge in [-0.3, -0.25) is 4.99 Å². The first kappa shape index (κ1) is 14.1. The van der Waals surface area contributed by atoms with Crippen molar-refractivity contribution in [3.05, 3.63) is 59.7 Å². The molecule has 0 aliphatic carbocycles. The zero-order valence-electron chi connectivity index (χ0n) is 10.7. The predicted octanol–water partition coefficient (Wildman–Crippen LogP) is 4.64. The van der Waals surface area contributed by atoms with Gasteiger partial charge < -0.3 is 4.74 Å². The van der Waals surface area contributed by atoms with Crippen LogP contribution in [0.3, 0.4) is 0 Å². The minimum Gasteiger partial charge on any atom is -0.406 e. The molecule has 104 valence electrons. The highest BCUT2D eigenvalue weighted by atomic mass is 19.4. The molecule has 0 bridgehead atoms. The third kappa shape index (κ3) is 4.42. The minimum absolute atomic E-state index is 0.258. The van der Waals surface area contributed by atoms with E-state index in [9.17, 15) is 13.2 Å². The van der Waals surface area contributed by atoms with Crippen LogP contribution in [-0.2, 0) is 0 Å². The number of aryl methyl sites for hydroxylation is 1. The largest absolute Gasteiger partial charge is 0.573 e. The minimum atomic E-state index is -4.67. The second kappa shape index (κ2) is 5.77. The Labute approximate surface area is 114 Å². The monoisotopic (exact) mass is 279 g/mol.